The van der Waals surface area contributed by atoms with Gasteiger partial charge in [0.25, 0.3) is 0 Å². The Bertz CT molecular complexity index is 394. The summed E-state index contributed by atoms with van der Waals surface area (Å²) < 4.78 is 0. The fourth-order valence-corrected chi connectivity index (χ4v) is 2.95. The van der Waals surface area contributed by atoms with Gasteiger partial charge in [-0.3, -0.25) is 0 Å². The third kappa shape index (κ3) is 2.58. The van der Waals surface area contributed by atoms with Crippen LogP contribution in [0.15, 0.2) is 18.2 Å². The molecule has 1 aliphatic heterocycles. The highest BCUT2D eigenvalue weighted by Gasteiger charge is 2.15. The van der Waals surface area contributed by atoms with E-state index in [1.54, 1.807) is 6.07 Å². The molecule has 2 nitrogen and oxygen atoms in total. The Balaban J connectivity index is 2.09. The summed E-state index contributed by atoms with van der Waals surface area (Å²) in [7, 11) is 0. The molecule has 0 bridgehead atoms. The molecule has 1 atom stereocenters. The highest BCUT2D eigenvalue weighted by atomic mass is 35.5. The lowest BCUT2D eigenvalue weighted by molar-refractivity contribution is 0.813. The van der Waals surface area contributed by atoms with Crippen LogP contribution in [0.25, 0.3) is 0 Å². The molecular formula is C11H11ClN2S. The zero-order chi connectivity index (χ0) is 10.7. The van der Waals surface area contributed by atoms with Crippen molar-refractivity contribution in [1.29, 1.82) is 5.26 Å². The third-order valence-corrected chi connectivity index (χ3v) is 3.87. The van der Waals surface area contributed by atoms with E-state index in [1.807, 2.05) is 23.9 Å². The molecule has 0 aliphatic carbocycles. The molecule has 4 heteroatoms. The lowest BCUT2D eigenvalue weighted by atomic mass is 10.2. The molecule has 1 heterocycles. The van der Waals surface area contributed by atoms with Crippen LogP contribution in [0.4, 0.5) is 5.69 Å². The van der Waals surface area contributed by atoms with E-state index < -0.39 is 0 Å². The average molecular weight is 239 g/mol. The topological polar surface area (TPSA) is 35.8 Å². The Morgan fingerprint density at radius 1 is 1.53 bits per heavy atom. The van der Waals surface area contributed by atoms with E-state index in [4.69, 9.17) is 16.9 Å². The first kappa shape index (κ1) is 10.7. The van der Waals surface area contributed by atoms with E-state index in [2.05, 4.69) is 11.4 Å². The maximum atomic E-state index is 8.74. The second-order valence-electron chi connectivity index (χ2n) is 3.51. The molecule has 1 unspecified atom stereocenters. The van der Waals surface area contributed by atoms with Crippen molar-refractivity contribution >= 4 is 29.1 Å². The fraction of sp³-hybridized carbons (Fsp3) is 0.364. The molecule has 0 amide bonds. The minimum absolute atomic E-state index is 0.521. The highest BCUT2D eigenvalue weighted by molar-refractivity contribution is 7.99. The number of rotatable bonds is 2. The van der Waals surface area contributed by atoms with Crippen molar-refractivity contribution in [2.75, 3.05) is 16.8 Å². The number of nitrogens with one attached hydrogen (secondary N) is 1. The monoisotopic (exact) mass is 238 g/mol. The Kier molecular flexibility index (Phi) is 3.40. The second-order valence-corrected chi connectivity index (χ2v) is 5.07. The maximum Gasteiger partial charge on any atom is 0.101 e. The summed E-state index contributed by atoms with van der Waals surface area (Å²) in [5, 5.41) is 12.7. The number of nitriles is 1. The number of thioether (sulfide) groups is 1. The highest BCUT2D eigenvalue weighted by Crippen LogP contribution is 2.24. The smallest absolute Gasteiger partial charge is 0.101 e. The average Bonchev–Trinajstić information content (AvgIpc) is 2.71. The van der Waals surface area contributed by atoms with Crippen LogP contribution >= 0.6 is 23.4 Å². The van der Waals surface area contributed by atoms with Gasteiger partial charge >= 0.3 is 0 Å². The first-order chi connectivity index (χ1) is 7.29. The molecule has 1 aromatic rings. The van der Waals surface area contributed by atoms with Gasteiger partial charge in [-0.1, -0.05) is 11.6 Å². The van der Waals surface area contributed by atoms with Crippen molar-refractivity contribution in [1.82, 2.24) is 0 Å². The van der Waals surface area contributed by atoms with E-state index >= 15 is 0 Å². The predicted octanol–water partition coefficient (Wildman–Crippen LogP) is 3.13. The summed E-state index contributed by atoms with van der Waals surface area (Å²) in [6.07, 6.45) is 1.20. The van der Waals surface area contributed by atoms with Crippen LogP contribution in [0.2, 0.25) is 5.02 Å². The fourth-order valence-electron chi connectivity index (χ4n) is 1.58. The summed E-state index contributed by atoms with van der Waals surface area (Å²) in [4.78, 5) is 0. The number of hydrogen-bond acceptors (Lipinski definition) is 3. The second kappa shape index (κ2) is 4.78. The summed E-state index contributed by atoms with van der Waals surface area (Å²) in [6.45, 7) is 0. The number of hydrogen-bond donors (Lipinski definition) is 1. The van der Waals surface area contributed by atoms with Crippen LogP contribution in [-0.4, -0.2) is 17.5 Å². The number of benzene rings is 1. The minimum Gasteiger partial charge on any atom is -0.381 e. The molecule has 0 radical (unpaired) electrons. The van der Waals surface area contributed by atoms with Crippen LogP contribution in [-0.2, 0) is 0 Å². The van der Waals surface area contributed by atoms with Gasteiger partial charge in [0.1, 0.15) is 6.07 Å². The van der Waals surface area contributed by atoms with Crippen molar-refractivity contribution < 1.29 is 0 Å². The quantitative estimate of drug-likeness (QED) is 0.860. The zero-order valence-electron chi connectivity index (χ0n) is 8.16. The first-order valence-electron chi connectivity index (χ1n) is 4.83. The van der Waals surface area contributed by atoms with Crippen molar-refractivity contribution in [3.05, 3.63) is 28.8 Å². The standard InChI is InChI=1S/C11H11ClN2S/c12-11-5-9(2-1-8(11)6-13)14-10-3-4-15-7-10/h1-2,5,10,14H,3-4,7H2. The molecule has 0 saturated carbocycles. The van der Waals surface area contributed by atoms with Crippen LogP contribution in [0.5, 0.6) is 0 Å². The maximum absolute atomic E-state index is 8.74. The zero-order valence-corrected chi connectivity index (χ0v) is 9.74. The molecule has 1 fully saturated rings. The molecule has 1 aromatic carbocycles. The number of anilines is 1. The Hall–Kier alpha value is -0.850. The minimum atomic E-state index is 0.521. The molecule has 0 aromatic heterocycles. The Labute approximate surface area is 98.6 Å². The van der Waals surface area contributed by atoms with Crippen molar-refractivity contribution in [2.45, 2.75) is 12.5 Å². The third-order valence-electron chi connectivity index (χ3n) is 2.39. The van der Waals surface area contributed by atoms with Crippen molar-refractivity contribution in [3.8, 4) is 6.07 Å². The predicted molar refractivity (Wildman–Crippen MR) is 65.5 cm³/mol. The van der Waals surface area contributed by atoms with Crippen LogP contribution in [0.1, 0.15) is 12.0 Å². The molecule has 1 aliphatic rings. The molecule has 15 heavy (non-hydrogen) atoms. The van der Waals surface area contributed by atoms with E-state index in [-0.39, 0.29) is 0 Å². The van der Waals surface area contributed by atoms with Gasteiger partial charge in [0.15, 0.2) is 0 Å². The lowest BCUT2D eigenvalue weighted by Gasteiger charge is -2.13. The van der Waals surface area contributed by atoms with Gasteiger partial charge in [-0.2, -0.15) is 17.0 Å². The molecule has 78 valence electrons. The normalized spacial score (nSPS) is 19.9. The summed E-state index contributed by atoms with van der Waals surface area (Å²) in [5.74, 6) is 2.37. The van der Waals surface area contributed by atoms with E-state index in [0.29, 0.717) is 16.6 Å². The van der Waals surface area contributed by atoms with Crippen molar-refractivity contribution in [3.63, 3.8) is 0 Å². The van der Waals surface area contributed by atoms with E-state index in [1.165, 1.54) is 12.2 Å². The molecule has 1 N–H and O–H groups in total. The SMILES string of the molecule is N#Cc1ccc(NC2CCSC2)cc1Cl. The lowest BCUT2D eigenvalue weighted by Crippen LogP contribution is -2.17. The van der Waals surface area contributed by atoms with E-state index in [9.17, 15) is 0 Å². The van der Waals surface area contributed by atoms with E-state index in [0.717, 1.165) is 11.4 Å². The van der Waals surface area contributed by atoms with Gasteiger partial charge in [0.2, 0.25) is 0 Å². The van der Waals surface area contributed by atoms with Gasteiger partial charge in [0.05, 0.1) is 10.6 Å². The van der Waals surface area contributed by atoms with Gasteiger partial charge in [0, 0.05) is 17.5 Å². The van der Waals surface area contributed by atoms with Crippen LogP contribution < -0.4 is 5.32 Å². The van der Waals surface area contributed by atoms with Gasteiger partial charge in [-0.25, -0.2) is 0 Å². The summed E-state index contributed by atoms with van der Waals surface area (Å²) >= 11 is 7.91. The van der Waals surface area contributed by atoms with Gasteiger partial charge < -0.3 is 5.32 Å². The molecule has 2 rings (SSSR count). The summed E-state index contributed by atoms with van der Waals surface area (Å²) in [6, 6.07) is 8.08. The number of halogens is 1. The largest absolute Gasteiger partial charge is 0.381 e. The molecule has 0 spiro atoms. The van der Waals surface area contributed by atoms with Crippen molar-refractivity contribution in [2.24, 2.45) is 0 Å². The first-order valence-corrected chi connectivity index (χ1v) is 6.37. The number of nitrogens with zero attached hydrogens (tertiary/aromatic N) is 1. The van der Waals surface area contributed by atoms with Crippen LogP contribution in [0.3, 0.4) is 0 Å². The van der Waals surface area contributed by atoms with Crippen LogP contribution in [0, 0.1) is 11.3 Å². The van der Waals surface area contributed by atoms with Gasteiger partial charge in [-0.15, -0.1) is 0 Å². The van der Waals surface area contributed by atoms with Gasteiger partial charge in [-0.05, 0) is 30.4 Å². The molecular weight excluding hydrogens is 228 g/mol. The summed E-state index contributed by atoms with van der Waals surface area (Å²) in [5.41, 5.74) is 1.54. The Morgan fingerprint density at radius 3 is 3.00 bits per heavy atom. The molecule has 1 saturated heterocycles. The Morgan fingerprint density at radius 2 is 2.40 bits per heavy atom.